The molecule has 0 atom stereocenters. The van der Waals surface area contributed by atoms with E-state index in [2.05, 4.69) is 10.3 Å². The standard InChI is InChI=1S/C10H13ClN2O/c1-7(2)13-9-5-10(11)12-6-8(9)3-4-14/h4-7H,3H2,1-2H3,(H,12,13). The van der Waals surface area contributed by atoms with Gasteiger partial charge in [-0.2, -0.15) is 0 Å². The number of carbonyl (C=O) groups is 1. The summed E-state index contributed by atoms with van der Waals surface area (Å²) in [5.41, 5.74) is 1.75. The number of anilines is 1. The van der Waals surface area contributed by atoms with Crippen molar-refractivity contribution in [3.63, 3.8) is 0 Å². The van der Waals surface area contributed by atoms with Gasteiger partial charge in [-0.05, 0) is 19.9 Å². The molecule has 0 radical (unpaired) electrons. The Bertz CT molecular complexity index is 326. The number of rotatable bonds is 4. The van der Waals surface area contributed by atoms with Crippen LogP contribution in [0.4, 0.5) is 5.69 Å². The zero-order valence-electron chi connectivity index (χ0n) is 8.25. The number of nitrogens with zero attached hydrogens (tertiary/aromatic N) is 1. The van der Waals surface area contributed by atoms with Gasteiger partial charge in [-0.3, -0.25) is 0 Å². The van der Waals surface area contributed by atoms with Crippen LogP contribution in [0, 0.1) is 0 Å². The highest BCUT2D eigenvalue weighted by molar-refractivity contribution is 6.29. The van der Waals surface area contributed by atoms with Crippen molar-refractivity contribution in [1.82, 2.24) is 4.98 Å². The molecular formula is C10H13ClN2O. The Morgan fingerprint density at radius 3 is 2.93 bits per heavy atom. The quantitative estimate of drug-likeness (QED) is 0.615. The van der Waals surface area contributed by atoms with Gasteiger partial charge in [0.25, 0.3) is 0 Å². The minimum atomic E-state index is 0.305. The van der Waals surface area contributed by atoms with Gasteiger partial charge in [0, 0.05) is 29.9 Å². The summed E-state index contributed by atoms with van der Waals surface area (Å²) < 4.78 is 0. The van der Waals surface area contributed by atoms with Crippen LogP contribution in [-0.4, -0.2) is 17.3 Å². The molecule has 0 unspecified atom stereocenters. The van der Waals surface area contributed by atoms with Crippen molar-refractivity contribution in [3.05, 3.63) is 23.0 Å². The number of hydrogen-bond donors (Lipinski definition) is 1. The zero-order valence-corrected chi connectivity index (χ0v) is 9.01. The van der Waals surface area contributed by atoms with Crippen molar-refractivity contribution >= 4 is 23.6 Å². The molecule has 0 aliphatic rings. The van der Waals surface area contributed by atoms with Crippen LogP contribution < -0.4 is 5.32 Å². The fourth-order valence-electron chi connectivity index (χ4n) is 1.16. The van der Waals surface area contributed by atoms with Crippen LogP contribution in [-0.2, 0) is 11.2 Å². The van der Waals surface area contributed by atoms with Gasteiger partial charge in [-0.15, -0.1) is 0 Å². The predicted octanol–water partition coefficient (Wildman–Crippen LogP) is 2.30. The van der Waals surface area contributed by atoms with E-state index >= 15 is 0 Å². The normalized spacial score (nSPS) is 10.3. The molecule has 0 amide bonds. The lowest BCUT2D eigenvalue weighted by Crippen LogP contribution is -2.12. The van der Waals surface area contributed by atoms with E-state index in [9.17, 15) is 4.79 Å². The van der Waals surface area contributed by atoms with Gasteiger partial charge in [-0.25, -0.2) is 4.98 Å². The molecular weight excluding hydrogens is 200 g/mol. The highest BCUT2D eigenvalue weighted by Crippen LogP contribution is 2.19. The lowest BCUT2D eigenvalue weighted by molar-refractivity contribution is -0.107. The second kappa shape index (κ2) is 4.96. The van der Waals surface area contributed by atoms with Crippen LogP contribution in [0.1, 0.15) is 19.4 Å². The van der Waals surface area contributed by atoms with E-state index in [4.69, 9.17) is 11.6 Å². The molecule has 0 spiro atoms. The van der Waals surface area contributed by atoms with E-state index in [0.29, 0.717) is 17.6 Å². The lowest BCUT2D eigenvalue weighted by Gasteiger charge is -2.13. The monoisotopic (exact) mass is 212 g/mol. The Balaban J connectivity index is 2.96. The van der Waals surface area contributed by atoms with Gasteiger partial charge >= 0.3 is 0 Å². The molecule has 0 aromatic carbocycles. The maximum atomic E-state index is 10.4. The first-order valence-corrected chi connectivity index (χ1v) is 4.86. The summed E-state index contributed by atoms with van der Waals surface area (Å²) >= 11 is 5.76. The van der Waals surface area contributed by atoms with Crippen molar-refractivity contribution < 1.29 is 4.79 Å². The first kappa shape index (κ1) is 11.0. The molecule has 1 aromatic rings. The highest BCUT2D eigenvalue weighted by Gasteiger charge is 2.04. The second-order valence-corrected chi connectivity index (χ2v) is 3.72. The molecule has 1 heterocycles. The summed E-state index contributed by atoms with van der Waals surface area (Å²) in [6.07, 6.45) is 2.84. The Morgan fingerprint density at radius 1 is 1.64 bits per heavy atom. The summed E-state index contributed by atoms with van der Waals surface area (Å²) in [6.45, 7) is 4.05. The number of aldehydes is 1. The van der Waals surface area contributed by atoms with E-state index in [1.54, 1.807) is 12.3 Å². The average Bonchev–Trinajstić information content (AvgIpc) is 2.09. The summed E-state index contributed by atoms with van der Waals surface area (Å²) in [7, 11) is 0. The molecule has 1 rings (SSSR count). The van der Waals surface area contributed by atoms with Crippen LogP contribution in [0.15, 0.2) is 12.3 Å². The average molecular weight is 213 g/mol. The van der Waals surface area contributed by atoms with E-state index in [1.807, 2.05) is 13.8 Å². The van der Waals surface area contributed by atoms with Crippen LogP contribution in [0.3, 0.4) is 0 Å². The van der Waals surface area contributed by atoms with Gasteiger partial charge in [0.1, 0.15) is 11.4 Å². The number of hydrogen-bond acceptors (Lipinski definition) is 3. The Morgan fingerprint density at radius 2 is 2.36 bits per heavy atom. The molecule has 76 valence electrons. The van der Waals surface area contributed by atoms with Gasteiger partial charge in [0.2, 0.25) is 0 Å². The van der Waals surface area contributed by atoms with Gasteiger partial charge < -0.3 is 10.1 Å². The Labute approximate surface area is 88.5 Å². The molecule has 1 aromatic heterocycles. The maximum absolute atomic E-state index is 10.4. The molecule has 0 saturated carbocycles. The third-order valence-corrected chi connectivity index (χ3v) is 1.91. The maximum Gasteiger partial charge on any atom is 0.131 e. The summed E-state index contributed by atoms with van der Waals surface area (Å²) in [4.78, 5) is 14.3. The number of nitrogens with one attached hydrogen (secondary N) is 1. The topological polar surface area (TPSA) is 42.0 Å². The van der Waals surface area contributed by atoms with Crippen molar-refractivity contribution in [2.45, 2.75) is 26.3 Å². The fraction of sp³-hybridized carbons (Fsp3) is 0.400. The molecule has 0 aliphatic carbocycles. The van der Waals surface area contributed by atoms with Crippen molar-refractivity contribution in [3.8, 4) is 0 Å². The van der Waals surface area contributed by atoms with Gasteiger partial charge in [0.15, 0.2) is 0 Å². The van der Waals surface area contributed by atoms with Crippen molar-refractivity contribution in [2.24, 2.45) is 0 Å². The molecule has 0 bridgehead atoms. The fourth-order valence-corrected chi connectivity index (χ4v) is 1.31. The van der Waals surface area contributed by atoms with Crippen molar-refractivity contribution in [1.29, 1.82) is 0 Å². The van der Waals surface area contributed by atoms with Crippen molar-refractivity contribution in [2.75, 3.05) is 5.32 Å². The first-order valence-electron chi connectivity index (χ1n) is 4.48. The SMILES string of the molecule is CC(C)Nc1cc(Cl)ncc1CC=O. The van der Waals surface area contributed by atoms with Crippen LogP contribution in [0.25, 0.3) is 0 Å². The number of halogens is 1. The number of pyridine rings is 1. The van der Waals surface area contributed by atoms with E-state index in [-0.39, 0.29) is 0 Å². The van der Waals surface area contributed by atoms with E-state index in [1.165, 1.54) is 0 Å². The molecule has 0 saturated heterocycles. The lowest BCUT2D eigenvalue weighted by atomic mass is 10.1. The largest absolute Gasteiger partial charge is 0.383 e. The Hall–Kier alpha value is -1.09. The van der Waals surface area contributed by atoms with E-state index in [0.717, 1.165) is 17.5 Å². The first-order chi connectivity index (χ1) is 6.63. The predicted molar refractivity (Wildman–Crippen MR) is 57.8 cm³/mol. The summed E-state index contributed by atoms with van der Waals surface area (Å²) in [5, 5.41) is 3.65. The molecule has 1 N–H and O–H groups in total. The Kier molecular flexibility index (Phi) is 3.89. The van der Waals surface area contributed by atoms with Gasteiger partial charge in [0.05, 0.1) is 0 Å². The highest BCUT2D eigenvalue weighted by atomic mass is 35.5. The van der Waals surface area contributed by atoms with E-state index < -0.39 is 0 Å². The minimum Gasteiger partial charge on any atom is -0.383 e. The van der Waals surface area contributed by atoms with Gasteiger partial charge in [-0.1, -0.05) is 11.6 Å². The van der Waals surface area contributed by atoms with Crippen LogP contribution in [0.5, 0.6) is 0 Å². The molecule has 4 heteroatoms. The molecule has 0 fully saturated rings. The third kappa shape index (κ3) is 3.00. The van der Waals surface area contributed by atoms with Crippen LogP contribution in [0.2, 0.25) is 5.15 Å². The second-order valence-electron chi connectivity index (χ2n) is 3.33. The number of carbonyl (C=O) groups excluding carboxylic acids is 1. The molecule has 0 aliphatic heterocycles. The molecule has 3 nitrogen and oxygen atoms in total. The summed E-state index contributed by atoms with van der Waals surface area (Å²) in [6, 6.07) is 2.04. The zero-order chi connectivity index (χ0) is 10.6. The minimum absolute atomic E-state index is 0.305. The third-order valence-electron chi connectivity index (χ3n) is 1.70. The summed E-state index contributed by atoms with van der Waals surface area (Å²) in [5.74, 6) is 0. The number of aromatic nitrogens is 1. The smallest absolute Gasteiger partial charge is 0.131 e. The van der Waals surface area contributed by atoms with Crippen LogP contribution >= 0.6 is 11.6 Å². The molecule has 14 heavy (non-hydrogen) atoms.